The number of benzene rings is 1. The fourth-order valence-electron chi connectivity index (χ4n) is 3.67. The van der Waals surface area contributed by atoms with Crippen molar-refractivity contribution in [2.75, 3.05) is 26.2 Å². The maximum atomic E-state index is 11.0. The first-order valence-electron chi connectivity index (χ1n) is 9.21. The standard InChI is InChI=1S/C20H23N5O2/c26-19(27)8-15-9-21-6-7-24(12-15)13-16-10-22-20-18(11-23-25(20)14-16)17-4-2-1-3-5-17/h1-5,10-11,14-15,21H,6-9,12-13H2,(H,26,27)/t15-/m0/s1. The number of hydrogen-bond donors (Lipinski definition) is 2. The van der Waals surface area contributed by atoms with Crippen molar-refractivity contribution in [3.8, 4) is 11.1 Å². The maximum absolute atomic E-state index is 11.0. The molecule has 0 saturated carbocycles. The number of carboxylic acid groups (broad SMARTS) is 1. The van der Waals surface area contributed by atoms with Crippen LogP contribution in [-0.4, -0.2) is 56.8 Å². The van der Waals surface area contributed by atoms with Gasteiger partial charge < -0.3 is 10.4 Å². The monoisotopic (exact) mass is 365 g/mol. The van der Waals surface area contributed by atoms with Gasteiger partial charge >= 0.3 is 5.97 Å². The molecule has 0 aliphatic carbocycles. The summed E-state index contributed by atoms with van der Waals surface area (Å²) >= 11 is 0. The van der Waals surface area contributed by atoms with Gasteiger partial charge in [-0.25, -0.2) is 9.50 Å². The lowest BCUT2D eigenvalue weighted by Crippen LogP contribution is -2.30. The highest BCUT2D eigenvalue weighted by Crippen LogP contribution is 2.23. The fourth-order valence-corrected chi connectivity index (χ4v) is 3.67. The van der Waals surface area contributed by atoms with Crippen LogP contribution in [0.5, 0.6) is 0 Å². The molecule has 1 atom stereocenters. The molecule has 1 aromatic carbocycles. The average molecular weight is 365 g/mol. The highest BCUT2D eigenvalue weighted by Gasteiger charge is 2.20. The van der Waals surface area contributed by atoms with E-state index in [1.54, 1.807) is 0 Å². The Balaban J connectivity index is 1.52. The minimum absolute atomic E-state index is 0.121. The van der Waals surface area contributed by atoms with Crippen molar-refractivity contribution in [1.82, 2.24) is 24.8 Å². The molecule has 1 aliphatic rings. The zero-order valence-corrected chi connectivity index (χ0v) is 15.1. The first-order chi connectivity index (χ1) is 13.2. The lowest BCUT2D eigenvalue weighted by Gasteiger charge is -2.22. The van der Waals surface area contributed by atoms with Gasteiger partial charge in [-0.3, -0.25) is 9.69 Å². The van der Waals surface area contributed by atoms with E-state index in [9.17, 15) is 4.79 Å². The molecule has 0 bridgehead atoms. The van der Waals surface area contributed by atoms with Crippen LogP contribution in [0.1, 0.15) is 12.0 Å². The van der Waals surface area contributed by atoms with Crippen molar-refractivity contribution in [1.29, 1.82) is 0 Å². The SMILES string of the molecule is O=C(O)C[C@H]1CNCCN(Cc2cnc3c(-c4ccccc4)cnn3c2)C1. The molecule has 140 valence electrons. The van der Waals surface area contributed by atoms with Crippen LogP contribution in [0.15, 0.2) is 48.9 Å². The van der Waals surface area contributed by atoms with Crippen molar-refractivity contribution in [3.05, 3.63) is 54.5 Å². The zero-order chi connectivity index (χ0) is 18.6. The van der Waals surface area contributed by atoms with E-state index in [-0.39, 0.29) is 12.3 Å². The number of aliphatic carboxylic acids is 1. The average Bonchev–Trinajstić information content (AvgIpc) is 2.96. The van der Waals surface area contributed by atoms with Gasteiger partial charge in [-0.05, 0) is 18.0 Å². The van der Waals surface area contributed by atoms with Crippen LogP contribution in [0.2, 0.25) is 0 Å². The van der Waals surface area contributed by atoms with E-state index in [1.807, 2.05) is 41.3 Å². The van der Waals surface area contributed by atoms with E-state index in [2.05, 4.69) is 32.4 Å². The summed E-state index contributed by atoms with van der Waals surface area (Å²) in [7, 11) is 0. The molecule has 1 saturated heterocycles. The third kappa shape index (κ3) is 4.15. The molecule has 3 heterocycles. The third-order valence-corrected chi connectivity index (χ3v) is 4.92. The van der Waals surface area contributed by atoms with Gasteiger partial charge in [-0.15, -0.1) is 0 Å². The number of aromatic nitrogens is 3. The molecular formula is C20H23N5O2. The van der Waals surface area contributed by atoms with Crippen molar-refractivity contribution < 1.29 is 9.90 Å². The predicted molar refractivity (Wildman–Crippen MR) is 102 cm³/mol. The van der Waals surface area contributed by atoms with Crippen molar-refractivity contribution in [2.24, 2.45) is 5.92 Å². The van der Waals surface area contributed by atoms with E-state index >= 15 is 0 Å². The molecule has 27 heavy (non-hydrogen) atoms. The Bertz CT molecular complexity index is 925. The topological polar surface area (TPSA) is 82.8 Å². The Hall–Kier alpha value is -2.77. The van der Waals surface area contributed by atoms with E-state index in [0.29, 0.717) is 0 Å². The number of carbonyl (C=O) groups is 1. The number of rotatable bonds is 5. The van der Waals surface area contributed by atoms with Crippen molar-refractivity contribution >= 4 is 11.6 Å². The number of nitrogens with one attached hydrogen (secondary N) is 1. The van der Waals surface area contributed by atoms with Gasteiger partial charge in [0.1, 0.15) is 0 Å². The van der Waals surface area contributed by atoms with Gasteiger partial charge in [-0.2, -0.15) is 5.10 Å². The molecule has 0 unspecified atom stereocenters. The van der Waals surface area contributed by atoms with E-state index in [4.69, 9.17) is 5.11 Å². The van der Waals surface area contributed by atoms with Crippen LogP contribution in [-0.2, 0) is 11.3 Å². The highest BCUT2D eigenvalue weighted by atomic mass is 16.4. The molecule has 0 amide bonds. The fraction of sp³-hybridized carbons (Fsp3) is 0.350. The molecular weight excluding hydrogens is 342 g/mol. The zero-order valence-electron chi connectivity index (χ0n) is 15.1. The summed E-state index contributed by atoms with van der Waals surface area (Å²) in [6, 6.07) is 10.1. The number of fused-ring (bicyclic) bond motifs is 1. The quantitative estimate of drug-likeness (QED) is 0.719. The van der Waals surface area contributed by atoms with Crippen LogP contribution in [0, 0.1) is 5.92 Å². The Morgan fingerprint density at radius 3 is 2.93 bits per heavy atom. The lowest BCUT2D eigenvalue weighted by atomic mass is 10.1. The number of carboxylic acids is 1. The Kier molecular flexibility index (Phi) is 5.13. The van der Waals surface area contributed by atoms with Crippen LogP contribution in [0.25, 0.3) is 16.8 Å². The third-order valence-electron chi connectivity index (χ3n) is 4.92. The Morgan fingerprint density at radius 2 is 2.11 bits per heavy atom. The first-order valence-corrected chi connectivity index (χ1v) is 9.21. The van der Waals surface area contributed by atoms with E-state index in [1.165, 1.54) is 0 Å². The highest BCUT2D eigenvalue weighted by molar-refractivity contribution is 5.76. The molecule has 2 aromatic heterocycles. The summed E-state index contributed by atoms with van der Waals surface area (Å²) in [5.74, 6) is -0.618. The second-order valence-corrected chi connectivity index (χ2v) is 7.06. The number of hydrogen-bond acceptors (Lipinski definition) is 5. The molecule has 7 nitrogen and oxygen atoms in total. The molecule has 3 aromatic rings. The predicted octanol–water partition coefficient (Wildman–Crippen LogP) is 1.89. The summed E-state index contributed by atoms with van der Waals surface area (Å²) < 4.78 is 1.82. The summed E-state index contributed by atoms with van der Waals surface area (Å²) in [4.78, 5) is 18.0. The van der Waals surface area contributed by atoms with Gasteiger partial charge in [0.2, 0.25) is 0 Å². The molecule has 1 aliphatic heterocycles. The van der Waals surface area contributed by atoms with E-state index in [0.717, 1.165) is 55.1 Å². The van der Waals surface area contributed by atoms with Crippen LogP contribution < -0.4 is 5.32 Å². The van der Waals surface area contributed by atoms with Crippen molar-refractivity contribution in [3.63, 3.8) is 0 Å². The van der Waals surface area contributed by atoms with Gasteiger partial charge in [0.25, 0.3) is 0 Å². The largest absolute Gasteiger partial charge is 0.481 e. The second-order valence-electron chi connectivity index (χ2n) is 7.06. The smallest absolute Gasteiger partial charge is 0.303 e. The lowest BCUT2D eigenvalue weighted by molar-refractivity contribution is -0.138. The molecule has 1 fully saturated rings. The van der Waals surface area contributed by atoms with Crippen molar-refractivity contribution in [2.45, 2.75) is 13.0 Å². The molecule has 0 radical (unpaired) electrons. The summed E-state index contributed by atoms with van der Waals surface area (Å²) in [5.41, 5.74) is 4.03. The van der Waals surface area contributed by atoms with Gasteiger partial charge in [0.15, 0.2) is 5.65 Å². The first kappa shape index (κ1) is 17.6. The summed E-state index contributed by atoms with van der Waals surface area (Å²) in [6.45, 7) is 4.01. The molecule has 0 spiro atoms. The van der Waals surface area contributed by atoms with E-state index < -0.39 is 5.97 Å². The van der Waals surface area contributed by atoms with Gasteiger partial charge in [-0.1, -0.05) is 30.3 Å². The molecule has 4 rings (SSSR count). The summed E-state index contributed by atoms with van der Waals surface area (Å²) in [6.07, 6.45) is 5.95. The van der Waals surface area contributed by atoms with Gasteiger partial charge in [0, 0.05) is 49.7 Å². The van der Waals surface area contributed by atoms with Crippen LogP contribution in [0.4, 0.5) is 0 Å². The molecule has 2 N–H and O–H groups in total. The normalized spacial score (nSPS) is 18.4. The molecule has 7 heteroatoms. The van der Waals surface area contributed by atoms with Crippen LogP contribution >= 0.6 is 0 Å². The van der Waals surface area contributed by atoms with Crippen LogP contribution in [0.3, 0.4) is 0 Å². The maximum Gasteiger partial charge on any atom is 0.303 e. The Morgan fingerprint density at radius 1 is 1.26 bits per heavy atom. The minimum atomic E-state index is -0.739. The van der Waals surface area contributed by atoms with Gasteiger partial charge in [0.05, 0.1) is 12.6 Å². The number of nitrogens with zero attached hydrogens (tertiary/aromatic N) is 4. The summed E-state index contributed by atoms with van der Waals surface area (Å²) in [5, 5.41) is 16.9. The minimum Gasteiger partial charge on any atom is -0.481 e. The Labute approximate surface area is 157 Å². The second kappa shape index (κ2) is 7.85.